The van der Waals surface area contributed by atoms with Gasteiger partial charge in [-0.25, -0.2) is 0 Å². The first kappa shape index (κ1) is 24.8. The molecule has 0 bridgehead atoms. The average molecular weight is 505 g/mol. The summed E-state index contributed by atoms with van der Waals surface area (Å²) in [5.41, 5.74) is 1.77. The van der Waals surface area contributed by atoms with Crippen LogP contribution >= 0.6 is 0 Å². The van der Waals surface area contributed by atoms with Gasteiger partial charge >= 0.3 is 5.97 Å². The molecule has 2 atom stereocenters. The van der Waals surface area contributed by atoms with E-state index in [0.717, 1.165) is 23.1 Å². The molecule has 0 fully saturated rings. The number of rotatable bonds is 9. The van der Waals surface area contributed by atoms with Crippen molar-refractivity contribution in [3.8, 4) is 28.7 Å². The molecule has 0 radical (unpaired) electrons. The Balaban J connectivity index is 1.78. The standard InChI is InChI=1S/C30H32O7/c1-5-14-34-25-13-11-20-21(28(25)33-4)16-30(29(31)32,22-8-6-7-9-23(22)37-18(2)3)27(20)19-10-12-24-26(15-19)36-17-35-24/h6-13,15,18,27H,5,14,16-17H2,1-4H3,(H,31,32). The Morgan fingerprint density at radius 1 is 1.08 bits per heavy atom. The van der Waals surface area contributed by atoms with Crippen molar-refractivity contribution in [1.29, 1.82) is 0 Å². The Bertz CT molecular complexity index is 1320. The van der Waals surface area contributed by atoms with Crippen molar-refractivity contribution in [2.45, 2.75) is 51.0 Å². The molecule has 0 saturated heterocycles. The van der Waals surface area contributed by atoms with Crippen LogP contribution in [0, 0.1) is 0 Å². The average Bonchev–Trinajstić information content (AvgIpc) is 3.49. The zero-order valence-corrected chi connectivity index (χ0v) is 21.6. The minimum absolute atomic E-state index is 0.122. The summed E-state index contributed by atoms with van der Waals surface area (Å²) in [6.45, 7) is 6.58. The summed E-state index contributed by atoms with van der Waals surface area (Å²) >= 11 is 0. The lowest BCUT2D eigenvalue weighted by atomic mass is 9.67. The summed E-state index contributed by atoms with van der Waals surface area (Å²) in [5, 5.41) is 11.1. The summed E-state index contributed by atoms with van der Waals surface area (Å²) in [5.74, 6) is 1.51. The number of carbonyl (C=O) groups is 1. The minimum Gasteiger partial charge on any atom is -0.493 e. The van der Waals surface area contributed by atoms with Crippen LogP contribution in [0.5, 0.6) is 28.7 Å². The SMILES string of the molecule is CCCOc1ccc2c(c1OC)CC(C(=O)O)(c1ccccc1OC(C)C)C2c1ccc2c(c1)OCO2. The van der Waals surface area contributed by atoms with Crippen LogP contribution in [0.3, 0.4) is 0 Å². The number of hydrogen-bond acceptors (Lipinski definition) is 6. The fraction of sp³-hybridized carbons (Fsp3) is 0.367. The van der Waals surface area contributed by atoms with Crippen molar-refractivity contribution in [3.05, 3.63) is 76.9 Å². The number of ether oxygens (including phenoxy) is 5. The zero-order chi connectivity index (χ0) is 26.2. The Labute approximate surface area is 216 Å². The number of hydrogen-bond donors (Lipinski definition) is 1. The molecule has 7 nitrogen and oxygen atoms in total. The molecule has 1 N–H and O–H groups in total. The van der Waals surface area contributed by atoms with Gasteiger partial charge in [0.1, 0.15) is 11.2 Å². The molecule has 1 aliphatic heterocycles. The van der Waals surface area contributed by atoms with Gasteiger partial charge in [-0.3, -0.25) is 4.79 Å². The van der Waals surface area contributed by atoms with Crippen LogP contribution in [-0.4, -0.2) is 37.7 Å². The van der Waals surface area contributed by atoms with Crippen LogP contribution in [-0.2, 0) is 16.6 Å². The van der Waals surface area contributed by atoms with E-state index in [0.29, 0.717) is 40.9 Å². The van der Waals surface area contributed by atoms with Crippen molar-refractivity contribution in [1.82, 2.24) is 0 Å². The van der Waals surface area contributed by atoms with Crippen LogP contribution in [0.25, 0.3) is 0 Å². The fourth-order valence-electron chi connectivity index (χ4n) is 5.58. The number of fused-ring (bicyclic) bond motifs is 2. The second kappa shape index (κ2) is 9.88. The lowest BCUT2D eigenvalue weighted by molar-refractivity contribution is -0.144. The highest BCUT2D eigenvalue weighted by Gasteiger charge is 2.56. The highest BCUT2D eigenvalue weighted by Crippen LogP contribution is 2.58. The number of carboxylic acids is 1. The number of aliphatic carboxylic acids is 1. The predicted molar refractivity (Wildman–Crippen MR) is 138 cm³/mol. The van der Waals surface area contributed by atoms with Gasteiger partial charge < -0.3 is 28.8 Å². The topological polar surface area (TPSA) is 83.5 Å². The van der Waals surface area contributed by atoms with E-state index in [2.05, 4.69) is 0 Å². The van der Waals surface area contributed by atoms with Gasteiger partial charge in [-0.05, 0) is 62.1 Å². The summed E-state index contributed by atoms with van der Waals surface area (Å²) in [4.78, 5) is 13.5. The molecule has 7 heteroatoms. The second-order valence-corrected chi connectivity index (χ2v) is 9.67. The van der Waals surface area contributed by atoms with E-state index in [4.69, 9.17) is 23.7 Å². The van der Waals surface area contributed by atoms with Gasteiger partial charge in [0.25, 0.3) is 0 Å². The van der Waals surface area contributed by atoms with Crippen molar-refractivity contribution >= 4 is 5.97 Å². The molecule has 2 aliphatic rings. The molecule has 3 aromatic rings. The van der Waals surface area contributed by atoms with E-state index >= 15 is 0 Å². The largest absolute Gasteiger partial charge is 0.493 e. The fourth-order valence-corrected chi connectivity index (χ4v) is 5.58. The molecule has 37 heavy (non-hydrogen) atoms. The predicted octanol–water partition coefficient (Wildman–Crippen LogP) is 5.71. The third-order valence-corrected chi connectivity index (χ3v) is 7.03. The van der Waals surface area contributed by atoms with E-state index in [1.54, 1.807) is 7.11 Å². The summed E-state index contributed by atoms with van der Waals surface area (Å²) in [7, 11) is 1.60. The molecular weight excluding hydrogens is 472 g/mol. The maximum atomic E-state index is 13.5. The maximum Gasteiger partial charge on any atom is 0.315 e. The van der Waals surface area contributed by atoms with Crippen LogP contribution in [0.15, 0.2) is 54.6 Å². The maximum absolute atomic E-state index is 13.5. The van der Waals surface area contributed by atoms with Gasteiger partial charge in [-0.2, -0.15) is 0 Å². The number of para-hydroxylation sites is 1. The van der Waals surface area contributed by atoms with Gasteiger partial charge in [-0.1, -0.05) is 37.3 Å². The molecule has 2 unspecified atom stereocenters. The molecule has 0 aromatic heterocycles. The van der Waals surface area contributed by atoms with Gasteiger partial charge in [0.2, 0.25) is 6.79 Å². The Morgan fingerprint density at radius 2 is 1.86 bits per heavy atom. The van der Waals surface area contributed by atoms with Crippen molar-refractivity contribution in [2.24, 2.45) is 0 Å². The third-order valence-electron chi connectivity index (χ3n) is 7.03. The lowest BCUT2D eigenvalue weighted by Crippen LogP contribution is -2.41. The molecule has 1 aliphatic carbocycles. The van der Waals surface area contributed by atoms with E-state index in [9.17, 15) is 9.90 Å². The lowest BCUT2D eigenvalue weighted by Gasteiger charge is -2.34. The third kappa shape index (κ3) is 4.12. The number of methoxy groups -OCH3 is 1. The van der Waals surface area contributed by atoms with E-state index < -0.39 is 17.3 Å². The highest BCUT2D eigenvalue weighted by atomic mass is 16.7. The molecular formula is C30H32O7. The molecule has 1 heterocycles. The summed E-state index contributed by atoms with van der Waals surface area (Å²) in [6, 6.07) is 16.9. The Hall–Kier alpha value is -3.87. The van der Waals surface area contributed by atoms with Crippen molar-refractivity contribution < 1.29 is 33.6 Å². The molecule has 3 aromatic carbocycles. The van der Waals surface area contributed by atoms with Crippen LogP contribution < -0.4 is 23.7 Å². The normalized spacial score (nSPS) is 19.5. The summed E-state index contributed by atoms with van der Waals surface area (Å²) in [6.07, 6.45) is 0.934. The van der Waals surface area contributed by atoms with Gasteiger partial charge in [0, 0.05) is 17.0 Å². The van der Waals surface area contributed by atoms with Gasteiger partial charge in [-0.15, -0.1) is 0 Å². The Morgan fingerprint density at radius 3 is 2.59 bits per heavy atom. The minimum atomic E-state index is -1.36. The smallest absolute Gasteiger partial charge is 0.315 e. The molecule has 0 spiro atoms. The quantitative estimate of drug-likeness (QED) is 0.400. The molecule has 194 valence electrons. The molecule has 5 rings (SSSR count). The first-order valence-corrected chi connectivity index (χ1v) is 12.6. The van der Waals surface area contributed by atoms with Gasteiger partial charge in [0.05, 0.1) is 19.8 Å². The summed E-state index contributed by atoms with van der Waals surface area (Å²) < 4.78 is 29.2. The van der Waals surface area contributed by atoms with Crippen LogP contribution in [0.2, 0.25) is 0 Å². The zero-order valence-electron chi connectivity index (χ0n) is 21.6. The Kier molecular flexibility index (Phi) is 6.63. The van der Waals surface area contributed by atoms with E-state index in [1.165, 1.54) is 0 Å². The van der Waals surface area contributed by atoms with Crippen LogP contribution in [0.1, 0.15) is 55.4 Å². The molecule has 0 saturated carbocycles. The van der Waals surface area contributed by atoms with Crippen molar-refractivity contribution in [3.63, 3.8) is 0 Å². The monoisotopic (exact) mass is 504 g/mol. The van der Waals surface area contributed by atoms with Crippen molar-refractivity contribution in [2.75, 3.05) is 20.5 Å². The first-order chi connectivity index (χ1) is 17.9. The van der Waals surface area contributed by atoms with E-state index in [-0.39, 0.29) is 19.3 Å². The van der Waals surface area contributed by atoms with Gasteiger partial charge in [0.15, 0.2) is 23.0 Å². The molecule has 0 amide bonds. The first-order valence-electron chi connectivity index (χ1n) is 12.6. The highest BCUT2D eigenvalue weighted by molar-refractivity contribution is 5.88. The van der Waals surface area contributed by atoms with E-state index in [1.807, 2.05) is 75.4 Å². The second-order valence-electron chi connectivity index (χ2n) is 9.67. The number of carboxylic acid groups (broad SMARTS) is 1. The number of benzene rings is 3. The van der Waals surface area contributed by atoms with Crippen LogP contribution in [0.4, 0.5) is 0 Å².